The van der Waals surface area contributed by atoms with Crippen LogP contribution in [0.5, 0.6) is 0 Å². The van der Waals surface area contributed by atoms with Crippen LogP contribution < -0.4 is 4.90 Å². The molecule has 0 bridgehead atoms. The molecule has 0 unspecified atom stereocenters. The molecule has 1 aromatic rings. The topological polar surface area (TPSA) is 20.3 Å². The molecule has 0 fully saturated rings. The zero-order chi connectivity index (χ0) is 12.3. The van der Waals surface area contributed by atoms with Crippen LogP contribution in [-0.4, -0.2) is 16.2 Å². The number of alkyl halides is 3. The van der Waals surface area contributed by atoms with E-state index in [1.54, 1.807) is 0 Å². The minimum atomic E-state index is -1.92. The number of benzene rings is 1. The number of amides is 1. The number of carbonyl (C=O) groups is 1. The van der Waals surface area contributed by atoms with Crippen molar-refractivity contribution in [3.05, 3.63) is 29.8 Å². The second-order valence-corrected chi connectivity index (χ2v) is 5.61. The lowest BCUT2D eigenvalue weighted by Crippen LogP contribution is -2.39. The molecule has 1 aromatic carbocycles. The Labute approximate surface area is 110 Å². The molecule has 0 saturated carbocycles. The highest BCUT2D eigenvalue weighted by atomic mass is 35.6. The molecule has 16 heavy (non-hydrogen) atoms. The van der Waals surface area contributed by atoms with Crippen molar-refractivity contribution in [2.75, 3.05) is 11.4 Å². The van der Waals surface area contributed by atoms with E-state index in [1.807, 2.05) is 38.1 Å². The first-order chi connectivity index (χ1) is 7.38. The number of nitrogens with zero attached hydrogens (tertiary/aromatic N) is 1. The number of hydrogen-bond donors (Lipinski definition) is 0. The zero-order valence-corrected chi connectivity index (χ0v) is 11.3. The summed E-state index contributed by atoms with van der Waals surface area (Å²) in [6.45, 7) is 4.20. The van der Waals surface area contributed by atoms with E-state index in [2.05, 4.69) is 0 Å². The van der Waals surface area contributed by atoms with Crippen molar-refractivity contribution >= 4 is 46.4 Å². The number of para-hydroxylation sites is 1. The molecule has 0 saturated heterocycles. The molecule has 5 heteroatoms. The fourth-order valence-corrected chi connectivity index (χ4v) is 1.75. The van der Waals surface area contributed by atoms with Gasteiger partial charge in [-0.25, -0.2) is 0 Å². The Kier molecular flexibility index (Phi) is 4.48. The first-order valence-corrected chi connectivity index (χ1v) is 5.95. The van der Waals surface area contributed by atoms with E-state index in [1.165, 1.54) is 4.90 Å². The van der Waals surface area contributed by atoms with Crippen LogP contribution in [0.4, 0.5) is 5.69 Å². The van der Waals surface area contributed by atoms with Crippen LogP contribution in [0.15, 0.2) is 24.3 Å². The van der Waals surface area contributed by atoms with E-state index < -0.39 is 9.70 Å². The van der Waals surface area contributed by atoms with Crippen molar-refractivity contribution in [1.82, 2.24) is 0 Å². The van der Waals surface area contributed by atoms with E-state index in [9.17, 15) is 4.79 Å². The lowest BCUT2D eigenvalue weighted by atomic mass is 10.2. The smallest absolute Gasteiger partial charge is 0.279 e. The van der Waals surface area contributed by atoms with Crippen molar-refractivity contribution < 1.29 is 4.79 Å². The molecule has 1 rings (SSSR count). The van der Waals surface area contributed by atoms with Gasteiger partial charge in [-0.3, -0.25) is 4.79 Å². The summed E-state index contributed by atoms with van der Waals surface area (Å²) in [5, 5.41) is 0. The average molecular weight is 281 g/mol. The SMILES string of the molecule is CCN(C(=O)C(Cl)(Cl)Cl)c1ccccc1C. The third-order valence-electron chi connectivity index (χ3n) is 2.21. The van der Waals surface area contributed by atoms with E-state index in [0.717, 1.165) is 11.3 Å². The fraction of sp³-hybridized carbons (Fsp3) is 0.364. The monoisotopic (exact) mass is 279 g/mol. The maximum atomic E-state index is 11.9. The summed E-state index contributed by atoms with van der Waals surface area (Å²) < 4.78 is -1.92. The number of rotatable bonds is 2. The molecule has 0 aliphatic heterocycles. The van der Waals surface area contributed by atoms with Crippen LogP contribution in [0.25, 0.3) is 0 Å². The molecule has 0 aliphatic rings. The van der Waals surface area contributed by atoms with Gasteiger partial charge in [-0.1, -0.05) is 53.0 Å². The number of hydrogen-bond acceptors (Lipinski definition) is 1. The van der Waals surface area contributed by atoms with E-state index in [4.69, 9.17) is 34.8 Å². The third kappa shape index (κ3) is 3.03. The predicted molar refractivity (Wildman–Crippen MR) is 69.5 cm³/mol. The molecule has 0 radical (unpaired) electrons. The third-order valence-corrected chi connectivity index (χ3v) is 2.70. The maximum Gasteiger partial charge on any atom is 0.279 e. The lowest BCUT2D eigenvalue weighted by Gasteiger charge is -2.25. The van der Waals surface area contributed by atoms with Gasteiger partial charge in [0.15, 0.2) is 0 Å². The maximum absolute atomic E-state index is 11.9. The second-order valence-electron chi connectivity index (χ2n) is 3.33. The zero-order valence-electron chi connectivity index (χ0n) is 9.01. The Morgan fingerprint density at radius 3 is 2.31 bits per heavy atom. The van der Waals surface area contributed by atoms with Crippen molar-refractivity contribution in [2.45, 2.75) is 17.6 Å². The Balaban J connectivity index is 3.09. The molecular formula is C11H12Cl3NO. The van der Waals surface area contributed by atoms with Crippen molar-refractivity contribution in [1.29, 1.82) is 0 Å². The molecule has 2 nitrogen and oxygen atoms in total. The van der Waals surface area contributed by atoms with Crippen LogP contribution >= 0.6 is 34.8 Å². The number of carbonyl (C=O) groups excluding carboxylic acids is 1. The van der Waals surface area contributed by atoms with Crippen LogP contribution in [-0.2, 0) is 4.79 Å². The molecule has 0 atom stereocenters. The number of aryl methyl sites for hydroxylation is 1. The molecule has 1 amide bonds. The molecule has 0 aromatic heterocycles. The van der Waals surface area contributed by atoms with Gasteiger partial charge in [0.25, 0.3) is 9.70 Å². The van der Waals surface area contributed by atoms with Gasteiger partial charge in [-0.05, 0) is 25.5 Å². The normalized spacial score (nSPS) is 11.3. The molecule has 0 heterocycles. The summed E-state index contributed by atoms with van der Waals surface area (Å²) in [6.07, 6.45) is 0. The minimum absolute atomic E-state index is 0.456. The summed E-state index contributed by atoms with van der Waals surface area (Å²) in [7, 11) is 0. The summed E-state index contributed by atoms with van der Waals surface area (Å²) >= 11 is 16.8. The Bertz CT molecular complexity index is 387. The number of halogens is 3. The van der Waals surface area contributed by atoms with Gasteiger partial charge in [0.05, 0.1) is 0 Å². The highest BCUT2D eigenvalue weighted by Crippen LogP contribution is 2.31. The largest absolute Gasteiger partial charge is 0.309 e. The molecule has 0 N–H and O–H groups in total. The van der Waals surface area contributed by atoms with Crippen molar-refractivity contribution in [2.24, 2.45) is 0 Å². The van der Waals surface area contributed by atoms with Crippen molar-refractivity contribution in [3.8, 4) is 0 Å². The summed E-state index contributed by atoms with van der Waals surface area (Å²) in [6, 6.07) is 7.47. The summed E-state index contributed by atoms with van der Waals surface area (Å²) in [4.78, 5) is 13.3. The quantitative estimate of drug-likeness (QED) is 0.756. The highest BCUT2D eigenvalue weighted by molar-refractivity contribution is 6.77. The average Bonchev–Trinajstić information content (AvgIpc) is 2.20. The standard InChI is InChI=1S/C11H12Cl3NO/c1-3-15(10(16)11(12,13)14)9-7-5-4-6-8(9)2/h4-7H,3H2,1-2H3. The van der Waals surface area contributed by atoms with Gasteiger partial charge >= 0.3 is 0 Å². The van der Waals surface area contributed by atoms with Crippen LogP contribution in [0.2, 0.25) is 0 Å². The first-order valence-electron chi connectivity index (χ1n) is 4.82. The molecule has 0 spiro atoms. The molecule has 0 aliphatic carbocycles. The fourth-order valence-electron chi connectivity index (χ4n) is 1.44. The summed E-state index contributed by atoms with van der Waals surface area (Å²) in [5.74, 6) is -0.533. The van der Waals surface area contributed by atoms with E-state index in [-0.39, 0.29) is 0 Å². The second kappa shape index (κ2) is 5.26. The van der Waals surface area contributed by atoms with Gasteiger partial charge in [0, 0.05) is 12.2 Å². The van der Waals surface area contributed by atoms with Crippen LogP contribution in [0, 0.1) is 6.92 Å². The van der Waals surface area contributed by atoms with Crippen LogP contribution in [0.3, 0.4) is 0 Å². The number of anilines is 1. The Hall–Kier alpha value is -0.440. The Morgan fingerprint density at radius 2 is 1.88 bits per heavy atom. The van der Waals surface area contributed by atoms with Gasteiger partial charge in [0.2, 0.25) is 0 Å². The van der Waals surface area contributed by atoms with Gasteiger partial charge in [-0.15, -0.1) is 0 Å². The summed E-state index contributed by atoms with van der Waals surface area (Å²) in [5.41, 5.74) is 1.73. The minimum Gasteiger partial charge on any atom is -0.309 e. The Morgan fingerprint density at radius 1 is 1.31 bits per heavy atom. The highest BCUT2D eigenvalue weighted by Gasteiger charge is 2.35. The van der Waals surface area contributed by atoms with Gasteiger partial charge < -0.3 is 4.90 Å². The van der Waals surface area contributed by atoms with Gasteiger partial charge in [0.1, 0.15) is 0 Å². The predicted octanol–water partition coefficient (Wildman–Crippen LogP) is 3.72. The van der Waals surface area contributed by atoms with E-state index >= 15 is 0 Å². The van der Waals surface area contributed by atoms with E-state index in [0.29, 0.717) is 6.54 Å². The van der Waals surface area contributed by atoms with Crippen LogP contribution in [0.1, 0.15) is 12.5 Å². The van der Waals surface area contributed by atoms with Gasteiger partial charge in [-0.2, -0.15) is 0 Å². The molecule has 88 valence electrons. The van der Waals surface area contributed by atoms with Crippen molar-refractivity contribution in [3.63, 3.8) is 0 Å². The molecular weight excluding hydrogens is 268 g/mol. The first kappa shape index (κ1) is 13.6. The lowest BCUT2D eigenvalue weighted by molar-refractivity contribution is -0.117.